The molecule has 146 valence electrons. The lowest BCUT2D eigenvalue weighted by molar-refractivity contribution is -0.137. The van der Waals surface area contributed by atoms with Crippen molar-refractivity contribution in [3.63, 3.8) is 0 Å². The van der Waals surface area contributed by atoms with Crippen molar-refractivity contribution in [2.24, 2.45) is 0 Å². The van der Waals surface area contributed by atoms with Crippen LogP contribution in [-0.4, -0.2) is 41.2 Å². The second kappa shape index (κ2) is 8.56. The highest BCUT2D eigenvalue weighted by Crippen LogP contribution is 2.20. The van der Waals surface area contributed by atoms with Gasteiger partial charge in [-0.1, -0.05) is 22.9 Å². The Hall–Kier alpha value is -3.35. The van der Waals surface area contributed by atoms with Gasteiger partial charge in [-0.25, -0.2) is 0 Å². The lowest BCUT2D eigenvalue weighted by Gasteiger charge is -2.20. The van der Waals surface area contributed by atoms with Crippen LogP contribution in [0.25, 0.3) is 11.4 Å². The number of hydrogen-bond acceptors (Lipinski definition) is 6. The summed E-state index contributed by atoms with van der Waals surface area (Å²) in [6.45, 7) is 3.91. The van der Waals surface area contributed by atoms with Gasteiger partial charge in [0.15, 0.2) is 6.10 Å². The molecule has 0 saturated carbocycles. The molecule has 3 rings (SSSR count). The van der Waals surface area contributed by atoms with Gasteiger partial charge < -0.3 is 18.9 Å². The summed E-state index contributed by atoms with van der Waals surface area (Å²) in [5.41, 5.74) is 1.94. The Morgan fingerprint density at radius 1 is 1.11 bits per heavy atom. The maximum absolute atomic E-state index is 12.6. The Kier molecular flexibility index (Phi) is 5.93. The topological polar surface area (TPSA) is 77.7 Å². The number of rotatable bonds is 7. The molecule has 0 aliphatic carbocycles. The first kappa shape index (κ1) is 19.4. The summed E-state index contributed by atoms with van der Waals surface area (Å²) in [4.78, 5) is 18.4. The van der Waals surface area contributed by atoms with Gasteiger partial charge in [0.2, 0.25) is 11.7 Å². The number of nitrogens with zero attached hydrogens (tertiary/aromatic N) is 3. The third-order valence-electron chi connectivity index (χ3n) is 4.25. The largest absolute Gasteiger partial charge is 0.497 e. The van der Waals surface area contributed by atoms with E-state index in [1.54, 1.807) is 21.1 Å². The molecule has 28 heavy (non-hydrogen) atoms. The Labute approximate surface area is 163 Å². The monoisotopic (exact) mass is 381 g/mol. The molecule has 0 bridgehead atoms. The van der Waals surface area contributed by atoms with E-state index in [2.05, 4.69) is 10.1 Å². The standard InChI is InChI=1S/C21H23N3O4/c1-14-5-9-18(10-6-14)27-15(2)21(25)24(3)13-19-22-20(23-28-19)16-7-11-17(26-4)12-8-16/h5-12,15H,13H2,1-4H3. The van der Waals surface area contributed by atoms with E-state index < -0.39 is 6.10 Å². The normalized spacial score (nSPS) is 11.7. The van der Waals surface area contributed by atoms with Crippen LogP contribution in [0.3, 0.4) is 0 Å². The average molecular weight is 381 g/mol. The predicted molar refractivity (Wildman–Crippen MR) is 104 cm³/mol. The Bertz CT molecular complexity index is 920. The summed E-state index contributed by atoms with van der Waals surface area (Å²) in [5.74, 6) is 2.04. The second-order valence-corrected chi connectivity index (χ2v) is 6.51. The average Bonchev–Trinajstić information content (AvgIpc) is 3.17. The number of methoxy groups -OCH3 is 1. The lowest BCUT2D eigenvalue weighted by atomic mass is 10.2. The van der Waals surface area contributed by atoms with Crippen molar-refractivity contribution in [3.05, 3.63) is 60.0 Å². The van der Waals surface area contributed by atoms with E-state index in [1.807, 2.05) is 55.5 Å². The number of carbonyl (C=O) groups excluding carboxylic acids is 1. The minimum atomic E-state index is -0.628. The van der Waals surface area contributed by atoms with Crippen molar-refractivity contribution >= 4 is 5.91 Å². The predicted octanol–water partition coefficient (Wildman–Crippen LogP) is 3.48. The summed E-state index contributed by atoms with van der Waals surface area (Å²) >= 11 is 0. The Balaban J connectivity index is 1.60. The maximum atomic E-state index is 12.6. The van der Waals surface area contributed by atoms with Crippen LogP contribution in [-0.2, 0) is 11.3 Å². The minimum absolute atomic E-state index is 0.176. The lowest BCUT2D eigenvalue weighted by Crippen LogP contribution is -2.37. The molecule has 1 heterocycles. The summed E-state index contributed by atoms with van der Waals surface area (Å²) < 4.78 is 16.1. The van der Waals surface area contributed by atoms with Gasteiger partial charge >= 0.3 is 0 Å². The first-order chi connectivity index (χ1) is 13.5. The number of carbonyl (C=O) groups is 1. The number of aromatic nitrogens is 2. The van der Waals surface area contributed by atoms with E-state index >= 15 is 0 Å². The van der Waals surface area contributed by atoms with Crippen LogP contribution in [0.4, 0.5) is 0 Å². The molecule has 0 radical (unpaired) electrons. The number of benzene rings is 2. The van der Waals surface area contributed by atoms with Crippen molar-refractivity contribution in [3.8, 4) is 22.9 Å². The van der Waals surface area contributed by atoms with Crippen LogP contribution < -0.4 is 9.47 Å². The Morgan fingerprint density at radius 3 is 2.39 bits per heavy atom. The Morgan fingerprint density at radius 2 is 1.75 bits per heavy atom. The van der Waals surface area contributed by atoms with Crippen molar-refractivity contribution in [2.45, 2.75) is 26.5 Å². The SMILES string of the molecule is COc1ccc(-c2noc(CN(C)C(=O)C(C)Oc3ccc(C)cc3)n2)cc1. The molecular formula is C21H23N3O4. The molecule has 1 atom stereocenters. The number of likely N-dealkylation sites (N-methyl/N-ethyl adjacent to an activating group) is 1. The van der Waals surface area contributed by atoms with Gasteiger partial charge in [-0.05, 0) is 50.2 Å². The maximum Gasteiger partial charge on any atom is 0.263 e. The van der Waals surface area contributed by atoms with E-state index in [0.717, 1.165) is 16.9 Å². The van der Waals surface area contributed by atoms with Crippen LogP contribution >= 0.6 is 0 Å². The van der Waals surface area contributed by atoms with Crippen molar-refractivity contribution < 1.29 is 18.8 Å². The molecule has 0 aliphatic rings. The third-order valence-corrected chi connectivity index (χ3v) is 4.25. The van der Waals surface area contributed by atoms with Crippen LogP contribution in [0.1, 0.15) is 18.4 Å². The summed E-state index contributed by atoms with van der Waals surface area (Å²) in [7, 11) is 3.28. The van der Waals surface area contributed by atoms with Gasteiger partial charge in [0, 0.05) is 12.6 Å². The quantitative estimate of drug-likeness (QED) is 0.624. The molecule has 1 unspecified atom stereocenters. The fourth-order valence-corrected chi connectivity index (χ4v) is 2.64. The van der Waals surface area contributed by atoms with Crippen LogP contribution in [0.2, 0.25) is 0 Å². The van der Waals surface area contributed by atoms with E-state index in [0.29, 0.717) is 17.5 Å². The zero-order valence-corrected chi connectivity index (χ0v) is 16.4. The van der Waals surface area contributed by atoms with Gasteiger partial charge in [-0.15, -0.1) is 0 Å². The first-order valence-corrected chi connectivity index (χ1v) is 8.91. The van der Waals surface area contributed by atoms with Gasteiger partial charge in [-0.2, -0.15) is 4.98 Å². The first-order valence-electron chi connectivity index (χ1n) is 8.91. The van der Waals surface area contributed by atoms with Gasteiger partial charge in [0.05, 0.1) is 13.7 Å². The van der Waals surface area contributed by atoms with Crippen LogP contribution in [0.15, 0.2) is 53.1 Å². The summed E-state index contributed by atoms with van der Waals surface area (Å²) in [6.07, 6.45) is -0.628. The molecule has 7 heteroatoms. The fourth-order valence-electron chi connectivity index (χ4n) is 2.64. The number of ether oxygens (including phenoxy) is 2. The highest BCUT2D eigenvalue weighted by molar-refractivity contribution is 5.80. The zero-order valence-electron chi connectivity index (χ0n) is 16.4. The molecule has 0 spiro atoms. The molecular weight excluding hydrogens is 358 g/mol. The zero-order chi connectivity index (χ0) is 20.1. The third kappa shape index (κ3) is 4.68. The van der Waals surface area contributed by atoms with Crippen molar-refractivity contribution in [2.75, 3.05) is 14.2 Å². The molecule has 0 aliphatic heterocycles. The molecule has 0 N–H and O–H groups in total. The molecule has 3 aromatic rings. The summed E-state index contributed by atoms with van der Waals surface area (Å²) in [6, 6.07) is 14.9. The molecule has 1 amide bonds. The number of aryl methyl sites for hydroxylation is 1. The molecule has 1 aromatic heterocycles. The molecule has 0 fully saturated rings. The van der Waals surface area contributed by atoms with E-state index in [4.69, 9.17) is 14.0 Å². The highest BCUT2D eigenvalue weighted by atomic mass is 16.5. The summed E-state index contributed by atoms with van der Waals surface area (Å²) in [5, 5.41) is 3.98. The van der Waals surface area contributed by atoms with E-state index in [1.165, 1.54) is 4.90 Å². The van der Waals surface area contributed by atoms with Crippen LogP contribution in [0, 0.1) is 6.92 Å². The van der Waals surface area contributed by atoms with Gasteiger partial charge in [0.25, 0.3) is 5.91 Å². The van der Waals surface area contributed by atoms with Crippen LogP contribution in [0.5, 0.6) is 11.5 Å². The second-order valence-electron chi connectivity index (χ2n) is 6.51. The van der Waals surface area contributed by atoms with Crippen molar-refractivity contribution in [1.82, 2.24) is 15.0 Å². The molecule has 0 saturated heterocycles. The van der Waals surface area contributed by atoms with Gasteiger partial charge in [-0.3, -0.25) is 4.79 Å². The number of amides is 1. The fraction of sp³-hybridized carbons (Fsp3) is 0.286. The molecule has 7 nitrogen and oxygen atoms in total. The highest BCUT2D eigenvalue weighted by Gasteiger charge is 2.21. The van der Waals surface area contributed by atoms with Crippen molar-refractivity contribution in [1.29, 1.82) is 0 Å². The van der Waals surface area contributed by atoms with E-state index in [-0.39, 0.29) is 12.5 Å². The molecule has 2 aromatic carbocycles. The van der Waals surface area contributed by atoms with E-state index in [9.17, 15) is 4.79 Å². The minimum Gasteiger partial charge on any atom is -0.497 e. The van der Waals surface area contributed by atoms with Gasteiger partial charge in [0.1, 0.15) is 11.5 Å². The number of hydrogen-bond donors (Lipinski definition) is 0. The smallest absolute Gasteiger partial charge is 0.263 e.